The van der Waals surface area contributed by atoms with Gasteiger partial charge in [0.25, 0.3) is 0 Å². The first-order valence-corrected chi connectivity index (χ1v) is 6.02. The van der Waals surface area contributed by atoms with E-state index in [1.54, 1.807) is 30.3 Å². The van der Waals surface area contributed by atoms with Crippen LogP contribution in [0, 0.1) is 0 Å². The molecule has 4 nitrogen and oxygen atoms in total. The zero-order chi connectivity index (χ0) is 15.9. The topological polar surface area (TPSA) is 55.4 Å². The predicted octanol–water partition coefficient (Wildman–Crippen LogP) is 2.35. The standard InChI is InChI=1S/C14H14F3NO3/c1-2-12(19)18-11(8-14(15,16)17)13(20)21-9-10-6-4-3-5-7-10/h2-7,11H,1,8-9H2,(H,18,19). The molecule has 0 heterocycles. The van der Waals surface area contributed by atoms with Gasteiger partial charge in [-0.25, -0.2) is 4.79 Å². The highest BCUT2D eigenvalue weighted by atomic mass is 19.4. The van der Waals surface area contributed by atoms with Gasteiger partial charge in [-0.05, 0) is 11.6 Å². The van der Waals surface area contributed by atoms with Crippen LogP contribution in [0.3, 0.4) is 0 Å². The fourth-order valence-electron chi connectivity index (χ4n) is 1.48. The minimum absolute atomic E-state index is 0.169. The second-order valence-electron chi connectivity index (χ2n) is 4.18. The van der Waals surface area contributed by atoms with Crippen molar-refractivity contribution < 1.29 is 27.5 Å². The fraction of sp³-hybridized carbons (Fsp3) is 0.286. The van der Waals surface area contributed by atoms with E-state index in [1.807, 2.05) is 5.32 Å². The molecule has 1 aromatic carbocycles. The number of halogens is 3. The summed E-state index contributed by atoms with van der Waals surface area (Å²) in [5.41, 5.74) is 0.631. The van der Waals surface area contributed by atoms with E-state index in [0.717, 1.165) is 6.08 Å². The van der Waals surface area contributed by atoms with E-state index in [2.05, 4.69) is 6.58 Å². The molecule has 0 saturated carbocycles. The number of hydrogen-bond acceptors (Lipinski definition) is 3. The summed E-state index contributed by atoms with van der Waals surface area (Å²) in [5.74, 6) is -2.02. The van der Waals surface area contributed by atoms with Gasteiger partial charge in [0.2, 0.25) is 5.91 Å². The van der Waals surface area contributed by atoms with Gasteiger partial charge in [-0.15, -0.1) is 0 Å². The Morgan fingerprint density at radius 1 is 1.29 bits per heavy atom. The molecule has 0 fully saturated rings. The Balaban J connectivity index is 2.65. The predicted molar refractivity (Wildman–Crippen MR) is 69.0 cm³/mol. The summed E-state index contributed by atoms with van der Waals surface area (Å²) >= 11 is 0. The molecular formula is C14H14F3NO3. The number of alkyl halides is 3. The molecule has 0 aliphatic rings. The molecule has 1 atom stereocenters. The number of carbonyl (C=O) groups excluding carboxylic acids is 2. The Morgan fingerprint density at radius 3 is 2.43 bits per heavy atom. The quantitative estimate of drug-likeness (QED) is 0.648. The summed E-state index contributed by atoms with van der Waals surface area (Å²) in [5, 5.41) is 1.91. The average molecular weight is 301 g/mol. The van der Waals surface area contributed by atoms with Gasteiger partial charge in [-0.2, -0.15) is 13.2 Å². The van der Waals surface area contributed by atoms with Gasteiger partial charge in [0.1, 0.15) is 12.6 Å². The van der Waals surface area contributed by atoms with E-state index in [-0.39, 0.29) is 6.61 Å². The first-order chi connectivity index (χ1) is 9.81. The molecule has 1 rings (SSSR count). The van der Waals surface area contributed by atoms with E-state index in [0.29, 0.717) is 5.56 Å². The maximum absolute atomic E-state index is 12.4. The molecule has 1 amide bonds. The van der Waals surface area contributed by atoms with Crippen molar-refractivity contribution in [3.05, 3.63) is 48.6 Å². The molecule has 0 aliphatic carbocycles. The van der Waals surface area contributed by atoms with E-state index < -0.39 is 30.5 Å². The molecule has 114 valence electrons. The van der Waals surface area contributed by atoms with Crippen LogP contribution in [0.4, 0.5) is 13.2 Å². The number of amides is 1. The molecule has 7 heteroatoms. The van der Waals surface area contributed by atoms with Gasteiger partial charge in [0.15, 0.2) is 0 Å². The number of nitrogens with one attached hydrogen (secondary N) is 1. The van der Waals surface area contributed by atoms with Crippen LogP contribution >= 0.6 is 0 Å². The number of esters is 1. The summed E-state index contributed by atoms with van der Waals surface area (Å²) < 4.78 is 42.0. The molecule has 0 bridgehead atoms. The largest absolute Gasteiger partial charge is 0.459 e. The highest BCUT2D eigenvalue weighted by molar-refractivity contribution is 5.91. The number of ether oxygens (including phenoxy) is 1. The Morgan fingerprint density at radius 2 is 1.90 bits per heavy atom. The zero-order valence-corrected chi connectivity index (χ0v) is 11.0. The first-order valence-electron chi connectivity index (χ1n) is 6.02. The third kappa shape index (κ3) is 6.60. The third-order valence-electron chi connectivity index (χ3n) is 2.45. The van der Waals surface area contributed by atoms with Crippen molar-refractivity contribution >= 4 is 11.9 Å². The second kappa shape index (κ2) is 7.47. The molecule has 0 saturated heterocycles. The Hall–Kier alpha value is -2.31. The van der Waals surface area contributed by atoms with Crippen molar-refractivity contribution in [2.45, 2.75) is 25.2 Å². The molecule has 1 aromatic rings. The van der Waals surface area contributed by atoms with Crippen molar-refractivity contribution in [1.29, 1.82) is 0 Å². The van der Waals surface area contributed by atoms with E-state index in [1.165, 1.54) is 0 Å². The van der Waals surface area contributed by atoms with Crippen LogP contribution in [0.25, 0.3) is 0 Å². The molecule has 0 aliphatic heterocycles. The lowest BCUT2D eigenvalue weighted by atomic mass is 10.2. The lowest BCUT2D eigenvalue weighted by molar-refractivity contribution is -0.164. The zero-order valence-electron chi connectivity index (χ0n) is 11.0. The van der Waals surface area contributed by atoms with Crippen LogP contribution in [-0.2, 0) is 20.9 Å². The summed E-state index contributed by atoms with van der Waals surface area (Å²) in [6, 6.07) is 6.69. The van der Waals surface area contributed by atoms with Gasteiger partial charge in [-0.1, -0.05) is 36.9 Å². The normalized spacial score (nSPS) is 12.3. The summed E-state index contributed by atoms with van der Waals surface area (Å²) in [4.78, 5) is 22.8. The smallest absolute Gasteiger partial charge is 0.391 e. The van der Waals surface area contributed by atoms with Crippen LogP contribution < -0.4 is 5.32 Å². The number of rotatable bonds is 6. The molecule has 0 spiro atoms. The lowest BCUT2D eigenvalue weighted by Gasteiger charge is -2.18. The van der Waals surface area contributed by atoms with Crippen molar-refractivity contribution in [2.75, 3.05) is 0 Å². The molecular weight excluding hydrogens is 287 g/mol. The van der Waals surface area contributed by atoms with E-state index in [4.69, 9.17) is 4.74 Å². The van der Waals surface area contributed by atoms with Crippen LogP contribution in [-0.4, -0.2) is 24.1 Å². The SMILES string of the molecule is C=CC(=O)NC(CC(F)(F)F)C(=O)OCc1ccccc1. The first kappa shape index (κ1) is 16.7. The van der Waals surface area contributed by atoms with Gasteiger partial charge in [0, 0.05) is 0 Å². The second-order valence-corrected chi connectivity index (χ2v) is 4.18. The van der Waals surface area contributed by atoms with E-state index in [9.17, 15) is 22.8 Å². The maximum Gasteiger partial charge on any atom is 0.391 e. The maximum atomic E-state index is 12.4. The van der Waals surface area contributed by atoms with Crippen LogP contribution in [0.15, 0.2) is 43.0 Å². The third-order valence-corrected chi connectivity index (χ3v) is 2.45. The van der Waals surface area contributed by atoms with Gasteiger partial charge >= 0.3 is 12.1 Å². The van der Waals surface area contributed by atoms with Gasteiger partial charge < -0.3 is 10.1 Å². The monoisotopic (exact) mass is 301 g/mol. The molecule has 21 heavy (non-hydrogen) atoms. The van der Waals surface area contributed by atoms with Crippen molar-refractivity contribution in [3.8, 4) is 0 Å². The van der Waals surface area contributed by atoms with Crippen LogP contribution in [0.5, 0.6) is 0 Å². The molecule has 1 unspecified atom stereocenters. The lowest BCUT2D eigenvalue weighted by Crippen LogP contribution is -2.43. The molecule has 1 N–H and O–H groups in total. The van der Waals surface area contributed by atoms with E-state index >= 15 is 0 Å². The van der Waals surface area contributed by atoms with Gasteiger partial charge in [-0.3, -0.25) is 4.79 Å². The summed E-state index contributed by atoms with van der Waals surface area (Å²) in [7, 11) is 0. The van der Waals surface area contributed by atoms with Crippen LogP contribution in [0.1, 0.15) is 12.0 Å². The Kier molecular flexibility index (Phi) is 5.95. The van der Waals surface area contributed by atoms with Crippen molar-refractivity contribution in [1.82, 2.24) is 5.32 Å². The molecule has 0 aromatic heterocycles. The highest BCUT2D eigenvalue weighted by Crippen LogP contribution is 2.22. The van der Waals surface area contributed by atoms with Crippen molar-refractivity contribution in [3.63, 3.8) is 0 Å². The minimum atomic E-state index is -4.61. The Bertz CT molecular complexity index is 500. The fourth-order valence-corrected chi connectivity index (χ4v) is 1.48. The minimum Gasteiger partial charge on any atom is -0.459 e. The van der Waals surface area contributed by atoms with Crippen LogP contribution in [0.2, 0.25) is 0 Å². The number of carbonyl (C=O) groups is 2. The molecule has 0 radical (unpaired) electrons. The summed E-state index contributed by atoms with van der Waals surface area (Å²) in [6.45, 7) is 2.95. The number of hydrogen-bond donors (Lipinski definition) is 1. The Labute approximate surface area is 119 Å². The number of benzene rings is 1. The van der Waals surface area contributed by atoms with Gasteiger partial charge in [0.05, 0.1) is 6.42 Å². The van der Waals surface area contributed by atoms with Crippen molar-refractivity contribution in [2.24, 2.45) is 0 Å². The highest BCUT2D eigenvalue weighted by Gasteiger charge is 2.36. The average Bonchev–Trinajstić information content (AvgIpc) is 2.43. The summed E-state index contributed by atoms with van der Waals surface area (Å²) in [6.07, 6.45) is -5.32.